The summed E-state index contributed by atoms with van der Waals surface area (Å²) in [4.78, 5) is 0. The van der Waals surface area contributed by atoms with Crippen molar-refractivity contribution in [3.05, 3.63) is 71.3 Å². The first-order chi connectivity index (χ1) is 16.3. The van der Waals surface area contributed by atoms with Crippen LogP contribution in [0.3, 0.4) is 0 Å². The van der Waals surface area contributed by atoms with Crippen molar-refractivity contribution >= 4 is 0 Å². The normalized spacial score (nSPS) is 17.4. The smallest absolute Gasteiger partial charge is 0.0809 e. The Morgan fingerprint density at radius 2 is 1.12 bits per heavy atom. The van der Waals surface area contributed by atoms with E-state index in [1.807, 2.05) is 42.5 Å². The van der Waals surface area contributed by atoms with E-state index in [2.05, 4.69) is 12.1 Å². The summed E-state index contributed by atoms with van der Waals surface area (Å²) in [6.07, 6.45) is 0.901. The molecule has 0 heterocycles. The summed E-state index contributed by atoms with van der Waals surface area (Å²) in [6.45, 7) is 6.05. The number of fused-ring (bicyclic) bond motifs is 1. The maximum absolute atomic E-state index is 6.27. The highest BCUT2D eigenvalue weighted by atomic mass is 16.6. The monoisotopic (exact) mass is 459 g/mol. The first-order valence-corrected chi connectivity index (χ1v) is 11.7. The molecule has 33 heavy (non-hydrogen) atoms. The molecule has 0 unspecified atom stereocenters. The molecule has 0 aromatic heterocycles. The highest BCUT2D eigenvalue weighted by molar-refractivity contribution is 5.36. The molecule has 0 aliphatic heterocycles. The molecule has 2 aromatic carbocycles. The van der Waals surface area contributed by atoms with Crippen molar-refractivity contribution in [3.63, 3.8) is 0 Å². The molecular weight excluding hydrogens is 422 g/mol. The molecular formula is C26H37NO6. The predicted octanol–water partition coefficient (Wildman–Crippen LogP) is 2.91. The second kappa shape index (κ2) is 15.9. The van der Waals surface area contributed by atoms with Gasteiger partial charge in [-0.15, -0.1) is 0 Å². The van der Waals surface area contributed by atoms with Gasteiger partial charge in [0.2, 0.25) is 0 Å². The quantitative estimate of drug-likeness (QED) is 0.343. The van der Waals surface area contributed by atoms with Crippen LogP contribution in [0.1, 0.15) is 22.7 Å². The van der Waals surface area contributed by atoms with Gasteiger partial charge in [-0.25, -0.2) is 0 Å². The molecule has 1 aliphatic rings. The summed E-state index contributed by atoms with van der Waals surface area (Å²) in [5.41, 5.74) is 9.91. The highest BCUT2D eigenvalue weighted by Gasteiger charge is 2.29. The van der Waals surface area contributed by atoms with Crippen LogP contribution in [0, 0.1) is 0 Å². The fourth-order valence-electron chi connectivity index (χ4n) is 3.65. The van der Waals surface area contributed by atoms with Gasteiger partial charge in [0.25, 0.3) is 0 Å². The highest BCUT2D eigenvalue weighted by Crippen LogP contribution is 2.31. The topological polar surface area (TPSA) is 81.4 Å². The molecule has 0 saturated carbocycles. The Morgan fingerprint density at radius 3 is 1.73 bits per heavy atom. The number of hydrogen-bond donors (Lipinski definition) is 1. The zero-order valence-electron chi connectivity index (χ0n) is 19.4. The minimum atomic E-state index is -0.0529. The van der Waals surface area contributed by atoms with Gasteiger partial charge in [0.05, 0.1) is 84.8 Å². The van der Waals surface area contributed by atoms with E-state index in [0.29, 0.717) is 72.7 Å². The van der Waals surface area contributed by atoms with Crippen LogP contribution in [-0.4, -0.2) is 72.2 Å². The van der Waals surface area contributed by atoms with Crippen LogP contribution >= 0.6 is 0 Å². The number of nitrogens with two attached hydrogens (primary N) is 1. The summed E-state index contributed by atoms with van der Waals surface area (Å²) in [5, 5.41) is 0. The van der Waals surface area contributed by atoms with Crippen molar-refractivity contribution in [1.82, 2.24) is 0 Å². The van der Waals surface area contributed by atoms with Gasteiger partial charge >= 0.3 is 0 Å². The van der Waals surface area contributed by atoms with Gasteiger partial charge in [-0.1, -0.05) is 54.6 Å². The lowest BCUT2D eigenvalue weighted by Crippen LogP contribution is -2.26. The van der Waals surface area contributed by atoms with Gasteiger partial charge in [0, 0.05) is 6.42 Å². The van der Waals surface area contributed by atoms with E-state index in [4.69, 9.17) is 34.2 Å². The lowest BCUT2D eigenvalue weighted by Gasteiger charge is -2.17. The second-order valence-corrected chi connectivity index (χ2v) is 7.83. The Kier molecular flexibility index (Phi) is 12.4. The van der Waals surface area contributed by atoms with Crippen LogP contribution in [0.25, 0.3) is 0 Å². The molecule has 2 atom stereocenters. The van der Waals surface area contributed by atoms with E-state index in [9.17, 15) is 0 Å². The van der Waals surface area contributed by atoms with Crippen molar-refractivity contribution in [2.24, 2.45) is 5.73 Å². The molecule has 3 rings (SSSR count). The van der Waals surface area contributed by atoms with E-state index in [1.165, 1.54) is 16.7 Å². The summed E-state index contributed by atoms with van der Waals surface area (Å²) < 4.78 is 33.5. The minimum Gasteiger partial charge on any atom is -0.377 e. The average molecular weight is 460 g/mol. The number of hydrogen-bond acceptors (Lipinski definition) is 7. The number of benzene rings is 2. The van der Waals surface area contributed by atoms with Crippen molar-refractivity contribution in [2.75, 3.05) is 66.1 Å². The molecule has 0 saturated heterocycles. The van der Waals surface area contributed by atoms with Gasteiger partial charge < -0.3 is 34.2 Å². The van der Waals surface area contributed by atoms with Crippen LogP contribution in [0.5, 0.6) is 0 Å². The number of ether oxygens (including phenoxy) is 6. The van der Waals surface area contributed by atoms with Crippen LogP contribution in [-0.2, 0) is 41.4 Å². The Balaban J connectivity index is 1.02. The number of rotatable bonds is 18. The molecule has 2 N–H and O–H groups in total. The SMILES string of the molecule is N[C@H]1c2ccccc2C[C@H]1OCCOCCOCCOCCOCCOCc1ccccc1. The summed E-state index contributed by atoms with van der Waals surface area (Å²) >= 11 is 0. The third kappa shape index (κ3) is 9.90. The summed E-state index contributed by atoms with van der Waals surface area (Å²) in [7, 11) is 0. The van der Waals surface area contributed by atoms with E-state index >= 15 is 0 Å². The van der Waals surface area contributed by atoms with E-state index in [-0.39, 0.29) is 12.1 Å². The Hall–Kier alpha value is -1.84. The van der Waals surface area contributed by atoms with E-state index in [1.54, 1.807) is 0 Å². The van der Waals surface area contributed by atoms with Crippen LogP contribution in [0.2, 0.25) is 0 Å². The van der Waals surface area contributed by atoms with Crippen LogP contribution < -0.4 is 5.73 Å². The molecule has 2 aromatic rings. The van der Waals surface area contributed by atoms with Crippen LogP contribution in [0.4, 0.5) is 0 Å². The van der Waals surface area contributed by atoms with Crippen molar-refractivity contribution in [3.8, 4) is 0 Å². The van der Waals surface area contributed by atoms with E-state index < -0.39 is 0 Å². The zero-order chi connectivity index (χ0) is 23.0. The van der Waals surface area contributed by atoms with Crippen LogP contribution in [0.15, 0.2) is 54.6 Å². The first kappa shape index (κ1) is 25.8. The fraction of sp³-hybridized carbons (Fsp3) is 0.538. The van der Waals surface area contributed by atoms with Gasteiger partial charge in [-0.2, -0.15) is 0 Å². The Morgan fingerprint density at radius 1 is 0.606 bits per heavy atom. The third-order valence-electron chi connectivity index (χ3n) is 5.40. The lowest BCUT2D eigenvalue weighted by atomic mass is 10.1. The maximum atomic E-state index is 6.27. The second-order valence-electron chi connectivity index (χ2n) is 7.83. The lowest BCUT2D eigenvalue weighted by molar-refractivity contribution is -0.0275. The van der Waals surface area contributed by atoms with Crippen molar-refractivity contribution in [1.29, 1.82) is 0 Å². The molecule has 0 bridgehead atoms. The molecule has 0 spiro atoms. The van der Waals surface area contributed by atoms with Gasteiger partial charge in [0.15, 0.2) is 0 Å². The molecule has 182 valence electrons. The third-order valence-corrected chi connectivity index (χ3v) is 5.40. The minimum absolute atomic E-state index is 0.0326. The van der Waals surface area contributed by atoms with Gasteiger partial charge in [-0.05, 0) is 16.7 Å². The Labute approximate surface area is 197 Å². The van der Waals surface area contributed by atoms with E-state index in [0.717, 1.165) is 6.42 Å². The molecule has 1 aliphatic carbocycles. The molecule has 7 nitrogen and oxygen atoms in total. The maximum Gasteiger partial charge on any atom is 0.0809 e. The summed E-state index contributed by atoms with van der Waals surface area (Å²) in [5.74, 6) is 0. The molecule has 0 amide bonds. The van der Waals surface area contributed by atoms with Gasteiger partial charge in [-0.3, -0.25) is 0 Å². The molecule has 7 heteroatoms. The average Bonchev–Trinajstić information content (AvgIpc) is 3.17. The fourth-order valence-corrected chi connectivity index (χ4v) is 3.65. The van der Waals surface area contributed by atoms with Gasteiger partial charge in [0.1, 0.15) is 0 Å². The molecule has 0 fully saturated rings. The standard InChI is InChI=1S/C26H37NO6/c27-26-24-9-5-4-8-23(24)20-25(26)33-19-18-31-15-14-29-11-10-28-12-13-30-16-17-32-21-22-6-2-1-3-7-22/h1-9,25-26H,10-21,27H2/t25-,26+/m1/s1. The predicted molar refractivity (Wildman–Crippen MR) is 126 cm³/mol. The van der Waals surface area contributed by atoms with Crippen molar-refractivity contribution < 1.29 is 28.4 Å². The summed E-state index contributed by atoms with van der Waals surface area (Å²) in [6, 6.07) is 18.3. The molecule has 0 radical (unpaired) electrons. The first-order valence-electron chi connectivity index (χ1n) is 11.7. The Bertz CT molecular complexity index is 759. The van der Waals surface area contributed by atoms with Crippen molar-refractivity contribution in [2.45, 2.75) is 25.2 Å². The zero-order valence-corrected chi connectivity index (χ0v) is 19.4. The largest absolute Gasteiger partial charge is 0.377 e.